The molecule has 2 aromatic carbocycles. The zero-order valence-corrected chi connectivity index (χ0v) is 17.5. The summed E-state index contributed by atoms with van der Waals surface area (Å²) in [6, 6.07) is 14.5. The Bertz CT molecular complexity index is 1390. The van der Waals surface area contributed by atoms with Crippen LogP contribution in [0, 0.1) is 10.1 Å². The molecule has 0 bridgehead atoms. The van der Waals surface area contributed by atoms with Crippen molar-refractivity contribution < 1.29 is 14.5 Å². The molecule has 1 aliphatic rings. The number of rotatable bonds is 4. The molecule has 2 heterocycles. The molecule has 156 valence electrons. The van der Waals surface area contributed by atoms with Crippen molar-refractivity contribution in [2.45, 2.75) is 13.0 Å². The Morgan fingerprint density at radius 3 is 2.48 bits per heavy atom. The van der Waals surface area contributed by atoms with E-state index in [-0.39, 0.29) is 11.2 Å². The molecule has 0 amide bonds. The van der Waals surface area contributed by atoms with Gasteiger partial charge in [-0.05, 0) is 36.3 Å². The van der Waals surface area contributed by atoms with E-state index in [4.69, 9.17) is 4.74 Å². The van der Waals surface area contributed by atoms with Crippen LogP contribution >= 0.6 is 11.3 Å². The summed E-state index contributed by atoms with van der Waals surface area (Å²) >= 11 is 1.20. The van der Waals surface area contributed by atoms with Gasteiger partial charge in [-0.3, -0.25) is 19.5 Å². The molecule has 0 saturated heterocycles. The number of fused-ring (bicyclic) bond motifs is 1. The average Bonchev–Trinajstić information content (AvgIpc) is 3.07. The molecule has 1 aromatic heterocycles. The summed E-state index contributed by atoms with van der Waals surface area (Å²) in [6.07, 6.45) is 1.66. The van der Waals surface area contributed by atoms with E-state index in [1.165, 1.54) is 35.1 Å². The number of esters is 1. The van der Waals surface area contributed by atoms with E-state index in [1.54, 1.807) is 25.1 Å². The van der Waals surface area contributed by atoms with Crippen LogP contribution in [-0.2, 0) is 9.53 Å². The summed E-state index contributed by atoms with van der Waals surface area (Å²) in [4.78, 5) is 41.2. The lowest BCUT2D eigenvalue weighted by molar-refractivity contribution is -0.384. The number of nitrogens with zero attached hydrogens (tertiary/aromatic N) is 3. The standard InChI is InChI=1S/C22H17N3O5S/c1-13-18(21(27)30-2)19(15-6-4-3-5-7-15)24-20(26)17(31-22(24)23-13)12-14-8-10-16(11-9-14)25(28)29/h3-12,19H,1-2H3/b17-12-/t19-/m1/s1. The van der Waals surface area contributed by atoms with Crippen molar-refractivity contribution in [3.63, 3.8) is 0 Å². The van der Waals surface area contributed by atoms with Crippen LogP contribution in [0.25, 0.3) is 6.08 Å². The fraction of sp³-hybridized carbons (Fsp3) is 0.136. The van der Waals surface area contributed by atoms with Crippen LogP contribution in [-0.4, -0.2) is 22.6 Å². The third-order valence-electron chi connectivity index (χ3n) is 4.94. The predicted molar refractivity (Wildman–Crippen MR) is 115 cm³/mol. The maximum atomic E-state index is 13.3. The van der Waals surface area contributed by atoms with E-state index in [2.05, 4.69) is 4.99 Å². The molecular formula is C22H17N3O5S. The normalized spacial score (nSPS) is 15.9. The van der Waals surface area contributed by atoms with Crippen LogP contribution < -0.4 is 14.9 Å². The third-order valence-corrected chi connectivity index (χ3v) is 5.93. The van der Waals surface area contributed by atoms with E-state index >= 15 is 0 Å². The number of aromatic nitrogens is 1. The first-order valence-corrected chi connectivity index (χ1v) is 10.1. The highest BCUT2D eigenvalue weighted by Gasteiger charge is 2.32. The topological polar surface area (TPSA) is 104 Å². The number of hydrogen-bond acceptors (Lipinski definition) is 7. The number of nitro groups is 1. The molecule has 8 nitrogen and oxygen atoms in total. The number of allylic oxidation sites excluding steroid dienone is 1. The predicted octanol–water partition coefficient (Wildman–Crippen LogP) is 2.32. The van der Waals surface area contributed by atoms with Gasteiger partial charge >= 0.3 is 5.97 Å². The molecule has 31 heavy (non-hydrogen) atoms. The summed E-state index contributed by atoms with van der Waals surface area (Å²) < 4.78 is 6.87. The van der Waals surface area contributed by atoms with Crippen molar-refractivity contribution in [3.05, 3.63) is 107 Å². The second-order valence-electron chi connectivity index (χ2n) is 6.83. The molecule has 3 aromatic rings. The van der Waals surface area contributed by atoms with E-state index in [9.17, 15) is 19.7 Å². The molecule has 0 aliphatic carbocycles. The minimum Gasteiger partial charge on any atom is -0.466 e. The van der Waals surface area contributed by atoms with E-state index in [1.807, 2.05) is 30.3 Å². The molecule has 0 unspecified atom stereocenters. The van der Waals surface area contributed by atoms with Gasteiger partial charge in [-0.25, -0.2) is 9.79 Å². The Labute approximate surface area is 180 Å². The van der Waals surface area contributed by atoms with Crippen LogP contribution in [0.3, 0.4) is 0 Å². The molecule has 0 spiro atoms. The number of carbonyl (C=O) groups is 1. The Balaban J connectivity index is 1.92. The van der Waals surface area contributed by atoms with Gasteiger partial charge in [-0.1, -0.05) is 41.7 Å². The zero-order valence-electron chi connectivity index (χ0n) is 16.6. The molecule has 0 saturated carbocycles. The monoisotopic (exact) mass is 435 g/mol. The van der Waals surface area contributed by atoms with Crippen LogP contribution in [0.1, 0.15) is 24.1 Å². The first kappa shape index (κ1) is 20.4. The van der Waals surface area contributed by atoms with Gasteiger partial charge in [-0.2, -0.15) is 0 Å². The number of hydrogen-bond donors (Lipinski definition) is 0. The zero-order chi connectivity index (χ0) is 22.1. The number of carbonyl (C=O) groups excluding carboxylic acids is 1. The number of thiazole rings is 1. The Morgan fingerprint density at radius 2 is 1.87 bits per heavy atom. The second kappa shape index (κ2) is 8.11. The minimum atomic E-state index is -0.663. The number of nitro benzene ring substituents is 1. The van der Waals surface area contributed by atoms with E-state index in [0.717, 1.165) is 5.56 Å². The lowest BCUT2D eigenvalue weighted by Crippen LogP contribution is -2.39. The van der Waals surface area contributed by atoms with Crippen molar-refractivity contribution in [3.8, 4) is 0 Å². The minimum absolute atomic E-state index is 0.0268. The number of ether oxygens (including phenoxy) is 1. The highest BCUT2D eigenvalue weighted by atomic mass is 32.1. The maximum absolute atomic E-state index is 13.3. The summed E-state index contributed by atoms with van der Waals surface area (Å²) in [5.74, 6) is -0.542. The van der Waals surface area contributed by atoms with Gasteiger partial charge in [0.25, 0.3) is 11.2 Å². The second-order valence-corrected chi connectivity index (χ2v) is 7.84. The van der Waals surface area contributed by atoms with Crippen molar-refractivity contribution in [1.29, 1.82) is 0 Å². The summed E-state index contributed by atoms with van der Waals surface area (Å²) in [6.45, 7) is 1.72. The third kappa shape index (κ3) is 3.71. The largest absolute Gasteiger partial charge is 0.466 e. The molecule has 1 atom stereocenters. The molecule has 4 rings (SSSR count). The first-order chi connectivity index (χ1) is 14.9. The van der Waals surface area contributed by atoms with Crippen molar-refractivity contribution in [1.82, 2.24) is 4.57 Å². The Hall–Kier alpha value is -3.85. The lowest BCUT2D eigenvalue weighted by Gasteiger charge is -2.24. The smallest absolute Gasteiger partial charge is 0.338 e. The van der Waals surface area contributed by atoms with Gasteiger partial charge in [0.2, 0.25) is 0 Å². The van der Waals surface area contributed by atoms with Crippen LogP contribution in [0.5, 0.6) is 0 Å². The number of benzene rings is 2. The summed E-state index contributed by atoms with van der Waals surface area (Å²) in [7, 11) is 1.30. The Morgan fingerprint density at radius 1 is 1.19 bits per heavy atom. The molecular weight excluding hydrogens is 418 g/mol. The van der Waals surface area contributed by atoms with Gasteiger partial charge in [-0.15, -0.1) is 0 Å². The fourth-order valence-electron chi connectivity index (χ4n) is 3.49. The number of methoxy groups -OCH3 is 1. The van der Waals surface area contributed by atoms with Crippen LogP contribution in [0.4, 0.5) is 5.69 Å². The summed E-state index contributed by atoms with van der Waals surface area (Å²) in [5, 5.41) is 10.9. The van der Waals surface area contributed by atoms with Crippen molar-refractivity contribution >= 4 is 29.1 Å². The fourth-order valence-corrected chi connectivity index (χ4v) is 4.53. The quantitative estimate of drug-likeness (QED) is 0.355. The van der Waals surface area contributed by atoms with Gasteiger partial charge in [0.05, 0.1) is 33.9 Å². The molecule has 0 fully saturated rings. The lowest BCUT2D eigenvalue weighted by atomic mass is 9.96. The van der Waals surface area contributed by atoms with Gasteiger partial charge in [0.15, 0.2) is 4.80 Å². The van der Waals surface area contributed by atoms with Crippen molar-refractivity contribution in [2.75, 3.05) is 7.11 Å². The van der Waals surface area contributed by atoms with Crippen molar-refractivity contribution in [2.24, 2.45) is 4.99 Å². The average molecular weight is 435 g/mol. The van der Waals surface area contributed by atoms with E-state index in [0.29, 0.717) is 26.2 Å². The van der Waals surface area contributed by atoms with Crippen LogP contribution in [0.15, 0.2) is 75.7 Å². The molecule has 0 radical (unpaired) electrons. The Kier molecular flexibility index (Phi) is 5.35. The van der Waals surface area contributed by atoms with Gasteiger partial charge in [0.1, 0.15) is 0 Å². The highest BCUT2D eigenvalue weighted by Crippen LogP contribution is 2.30. The maximum Gasteiger partial charge on any atom is 0.338 e. The number of non-ortho nitro benzene ring substituents is 1. The van der Waals surface area contributed by atoms with Crippen LogP contribution in [0.2, 0.25) is 0 Å². The first-order valence-electron chi connectivity index (χ1n) is 9.31. The molecule has 1 aliphatic heterocycles. The molecule has 9 heteroatoms. The highest BCUT2D eigenvalue weighted by molar-refractivity contribution is 7.07. The van der Waals surface area contributed by atoms with Gasteiger partial charge in [0, 0.05) is 12.1 Å². The van der Waals surface area contributed by atoms with Gasteiger partial charge < -0.3 is 4.74 Å². The van der Waals surface area contributed by atoms with E-state index < -0.39 is 16.9 Å². The SMILES string of the molecule is COC(=O)C1=C(C)N=c2s/c(=C\c3ccc([N+](=O)[O-])cc3)c(=O)n2[C@@H]1c1ccccc1. The summed E-state index contributed by atoms with van der Waals surface area (Å²) in [5.41, 5.74) is 1.88. The molecule has 0 N–H and O–H groups in total.